The minimum Gasteiger partial charge on any atom is -0.496 e. The summed E-state index contributed by atoms with van der Waals surface area (Å²) < 4.78 is 75.0. The Bertz CT molecular complexity index is 2300. The van der Waals surface area contributed by atoms with Crippen LogP contribution in [0.25, 0.3) is 28.2 Å². The van der Waals surface area contributed by atoms with Gasteiger partial charge in [0.2, 0.25) is 5.82 Å². The minimum absolute atomic E-state index is 0.0668. The third-order valence-corrected chi connectivity index (χ3v) is 8.33. The van der Waals surface area contributed by atoms with E-state index >= 15 is 0 Å². The number of nitrogens with zero attached hydrogens (tertiary/aromatic N) is 3. The summed E-state index contributed by atoms with van der Waals surface area (Å²) >= 11 is 0.637. The van der Waals surface area contributed by atoms with Crippen molar-refractivity contribution in [1.29, 1.82) is 0 Å². The fraction of sp³-hybridized carbons (Fsp3) is 0.156. The number of carbonyl (C=O) groups is 1. The zero-order chi connectivity index (χ0) is 33.6. The molecule has 240 valence electrons. The predicted molar refractivity (Wildman–Crippen MR) is 162 cm³/mol. The topological polar surface area (TPSA) is 126 Å². The number of halogens is 4. The number of carbonyl (C=O) groups excluding carboxylic acids is 1. The van der Waals surface area contributed by atoms with Crippen LogP contribution in [0.4, 0.5) is 23.2 Å². The number of nitro benzene ring substituents is 1. The molecule has 2 aromatic heterocycles. The van der Waals surface area contributed by atoms with E-state index in [2.05, 4.69) is 4.99 Å². The normalized spacial score (nSPS) is 15.0. The summed E-state index contributed by atoms with van der Waals surface area (Å²) in [5.74, 6) is -2.05. The second-order valence-electron chi connectivity index (χ2n) is 10.1. The van der Waals surface area contributed by atoms with Crippen LogP contribution in [0.3, 0.4) is 0 Å². The maximum Gasteiger partial charge on any atom is 0.434 e. The predicted octanol–water partition coefficient (Wildman–Crippen LogP) is 5.81. The van der Waals surface area contributed by atoms with Crippen molar-refractivity contribution < 1.29 is 41.2 Å². The standard InChI is InChI=1S/C32H21F4N3O7S/c1-3-45-30(41)26-27(25-19-7-5-4-6-16(19)9-12-23(25)44-2)38-29(40)24(47-31(38)37-28(26)32(34,35)36)15-18-10-13-22(46-18)17-8-11-20(33)21(14-17)39(42)43/h4-15,27H,3H2,1-2H3/b24-15-/t27-/m1/s1. The lowest BCUT2D eigenvalue weighted by Gasteiger charge is -2.28. The van der Waals surface area contributed by atoms with Crippen LogP contribution in [0, 0.1) is 15.9 Å². The highest BCUT2D eigenvalue weighted by Crippen LogP contribution is 2.43. The molecule has 0 saturated heterocycles. The highest BCUT2D eigenvalue weighted by molar-refractivity contribution is 7.07. The molecule has 1 aliphatic heterocycles. The molecule has 0 aliphatic carbocycles. The molecular formula is C32H21F4N3O7S. The van der Waals surface area contributed by atoms with Gasteiger partial charge >= 0.3 is 17.8 Å². The first kappa shape index (κ1) is 31.4. The van der Waals surface area contributed by atoms with Crippen LogP contribution in [0.5, 0.6) is 5.75 Å². The summed E-state index contributed by atoms with van der Waals surface area (Å²) in [6.45, 7) is 1.20. The summed E-state index contributed by atoms with van der Waals surface area (Å²) in [6, 6.07) is 14.4. The summed E-state index contributed by atoms with van der Waals surface area (Å²) in [5.41, 5.74) is -3.65. The molecule has 0 saturated carbocycles. The molecule has 10 nitrogen and oxygen atoms in total. The second-order valence-corrected chi connectivity index (χ2v) is 11.1. The molecule has 1 atom stereocenters. The zero-order valence-corrected chi connectivity index (χ0v) is 25.1. The van der Waals surface area contributed by atoms with E-state index < -0.39 is 51.4 Å². The SMILES string of the molecule is CCOC(=O)C1=C(C(F)(F)F)N=c2s/c(=C\c3ccc(-c4ccc(F)c([N+](=O)[O-])c4)o3)c(=O)n2[C@@H]1c1c(OC)ccc2ccccc12. The first-order valence-electron chi connectivity index (χ1n) is 13.8. The number of fused-ring (bicyclic) bond motifs is 2. The molecule has 3 aromatic carbocycles. The van der Waals surface area contributed by atoms with Gasteiger partial charge in [0.1, 0.15) is 23.3 Å². The average Bonchev–Trinajstić information content (AvgIpc) is 3.63. The van der Waals surface area contributed by atoms with Crippen LogP contribution in [0.15, 0.2) is 92.2 Å². The second kappa shape index (κ2) is 12.0. The van der Waals surface area contributed by atoms with E-state index in [1.165, 1.54) is 44.4 Å². The molecule has 0 bridgehead atoms. The molecule has 0 radical (unpaired) electrons. The molecule has 15 heteroatoms. The van der Waals surface area contributed by atoms with Gasteiger partial charge in [0.05, 0.1) is 28.7 Å². The van der Waals surface area contributed by atoms with Crippen LogP contribution >= 0.6 is 11.3 Å². The van der Waals surface area contributed by atoms with Crippen LogP contribution in [-0.2, 0) is 9.53 Å². The number of aromatic nitrogens is 1. The van der Waals surface area contributed by atoms with Crippen LogP contribution in [0.1, 0.15) is 24.3 Å². The summed E-state index contributed by atoms with van der Waals surface area (Å²) in [7, 11) is 1.32. The fourth-order valence-corrected chi connectivity index (χ4v) is 6.35. The number of methoxy groups -OCH3 is 1. The van der Waals surface area contributed by atoms with Crippen LogP contribution in [0.2, 0.25) is 0 Å². The van der Waals surface area contributed by atoms with Gasteiger partial charge in [-0.15, -0.1) is 0 Å². The van der Waals surface area contributed by atoms with E-state index in [9.17, 15) is 37.3 Å². The number of hydrogen-bond donors (Lipinski definition) is 0. The number of esters is 1. The Morgan fingerprint density at radius 1 is 1.15 bits per heavy atom. The average molecular weight is 668 g/mol. The van der Waals surface area contributed by atoms with E-state index in [1.54, 1.807) is 30.3 Å². The molecule has 6 rings (SSSR count). The highest BCUT2D eigenvalue weighted by atomic mass is 32.1. The molecule has 0 amide bonds. The molecular weight excluding hydrogens is 646 g/mol. The molecule has 0 fully saturated rings. The maximum atomic E-state index is 14.6. The van der Waals surface area contributed by atoms with Gasteiger partial charge in [-0.25, -0.2) is 9.79 Å². The summed E-state index contributed by atoms with van der Waals surface area (Å²) in [6.07, 6.45) is -3.84. The number of nitro groups is 1. The monoisotopic (exact) mass is 667 g/mol. The number of benzene rings is 3. The van der Waals surface area contributed by atoms with Gasteiger partial charge in [-0.2, -0.15) is 17.6 Å². The Balaban J connectivity index is 1.60. The number of thiazole rings is 1. The molecule has 0 unspecified atom stereocenters. The van der Waals surface area contributed by atoms with E-state index in [0.717, 1.165) is 16.7 Å². The van der Waals surface area contributed by atoms with E-state index in [0.29, 0.717) is 22.1 Å². The van der Waals surface area contributed by atoms with Crippen molar-refractivity contribution in [3.05, 3.63) is 125 Å². The Morgan fingerprint density at radius 3 is 2.62 bits per heavy atom. The number of allylic oxidation sites excluding steroid dienone is 1. The van der Waals surface area contributed by atoms with E-state index in [1.807, 2.05) is 0 Å². The lowest BCUT2D eigenvalue weighted by atomic mass is 9.90. The summed E-state index contributed by atoms with van der Waals surface area (Å²) in [4.78, 5) is 41.1. The van der Waals surface area contributed by atoms with Gasteiger partial charge in [-0.3, -0.25) is 19.5 Å². The van der Waals surface area contributed by atoms with E-state index in [-0.39, 0.29) is 44.3 Å². The van der Waals surface area contributed by atoms with Gasteiger partial charge in [0.15, 0.2) is 10.5 Å². The Labute approximate surface area is 265 Å². The van der Waals surface area contributed by atoms with Crippen molar-refractivity contribution in [2.45, 2.75) is 19.1 Å². The van der Waals surface area contributed by atoms with Crippen molar-refractivity contribution in [2.75, 3.05) is 13.7 Å². The molecule has 1 aliphatic rings. The van der Waals surface area contributed by atoms with Crippen molar-refractivity contribution in [1.82, 2.24) is 4.57 Å². The van der Waals surface area contributed by atoms with Crippen LogP contribution < -0.4 is 19.6 Å². The highest BCUT2D eigenvalue weighted by Gasteiger charge is 2.46. The molecule has 5 aromatic rings. The fourth-order valence-electron chi connectivity index (χ4n) is 5.37. The number of alkyl halides is 3. The molecule has 47 heavy (non-hydrogen) atoms. The van der Waals surface area contributed by atoms with Crippen molar-refractivity contribution in [3.63, 3.8) is 0 Å². The Hall–Kier alpha value is -5.57. The number of ether oxygens (including phenoxy) is 2. The van der Waals surface area contributed by atoms with Crippen LogP contribution in [-0.4, -0.2) is 35.4 Å². The van der Waals surface area contributed by atoms with Gasteiger partial charge < -0.3 is 13.9 Å². The lowest BCUT2D eigenvalue weighted by molar-refractivity contribution is -0.387. The molecule has 3 heterocycles. The zero-order valence-electron chi connectivity index (χ0n) is 24.3. The number of rotatable bonds is 7. The third-order valence-electron chi connectivity index (χ3n) is 7.35. The van der Waals surface area contributed by atoms with E-state index in [4.69, 9.17) is 13.9 Å². The van der Waals surface area contributed by atoms with Crippen molar-refractivity contribution in [3.8, 4) is 17.1 Å². The third kappa shape index (κ3) is 5.58. The first-order valence-corrected chi connectivity index (χ1v) is 14.6. The lowest BCUT2D eigenvalue weighted by Crippen LogP contribution is -2.41. The molecule has 0 N–H and O–H groups in total. The van der Waals surface area contributed by atoms with Gasteiger partial charge in [-0.1, -0.05) is 41.7 Å². The van der Waals surface area contributed by atoms with Gasteiger partial charge in [0, 0.05) is 23.3 Å². The Morgan fingerprint density at radius 2 is 1.91 bits per heavy atom. The Kier molecular flexibility index (Phi) is 8.01. The summed E-state index contributed by atoms with van der Waals surface area (Å²) in [5, 5.41) is 12.2. The number of furan rings is 1. The maximum absolute atomic E-state index is 14.6. The first-order chi connectivity index (χ1) is 22.4. The van der Waals surface area contributed by atoms with Crippen molar-refractivity contribution >= 4 is 39.8 Å². The number of hydrogen-bond acceptors (Lipinski definition) is 9. The van der Waals surface area contributed by atoms with Gasteiger partial charge in [-0.05, 0) is 48.0 Å². The van der Waals surface area contributed by atoms with Gasteiger partial charge in [0.25, 0.3) is 5.56 Å². The minimum atomic E-state index is -5.11. The molecule has 0 spiro atoms. The smallest absolute Gasteiger partial charge is 0.434 e. The quantitative estimate of drug-likeness (QED) is 0.0928. The largest absolute Gasteiger partial charge is 0.496 e. The van der Waals surface area contributed by atoms with Crippen molar-refractivity contribution in [2.24, 2.45) is 4.99 Å².